The van der Waals surface area contributed by atoms with Gasteiger partial charge in [0.2, 0.25) is 0 Å². The van der Waals surface area contributed by atoms with E-state index in [4.69, 9.17) is 9.79 Å². The number of hydrogen-bond acceptors (Lipinski definition) is 2. The summed E-state index contributed by atoms with van der Waals surface area (Å²) in [6, 6.07) is 0. The summed E-state index contributed by atoms with van der Waals surface area (Å²) in [5, 5.41) is 0. The third-order valence-electron chi connectivity index (χ3n) is 0.409. The predicted octanol–water partition coefficient (Wildman–Crippen LogP) is 0.320. The monoisotopic (exact) mass is 139 g/mol. The van der Waals surface area contributed by atoms with E-state index in [2.05, 4.69) is 4.52 Å². The minimum absolute atomic E-state index is 0.00965. The lowest BCUT2D eigenvalue weighted by molar-refractivity contribution is 0.210. The van der Waals surface area contributed by atoms with E-state index < -0.39 is 7.82 Å². The molecule has 0 bridgehead atoms. The van der Waals surface area contributed by atoms with Gasteiger partial charge in [0.15, 0.2) is 0 Å². The molecule has 0 heterocycles. The summed E-state index contributed by atoms with van der Waals surface area (Å²) in [4.78, 5) is 16.0. The van der Waals surface area contributed by atoms with Gasteiger partial charge in [-0.3, -0.25) is 4.52 Å². The maximum atomic E-state index is 9.84. The van der Waals surface area contributed by atoms with Crippen LogP contribution in [0.15, 0.2) is 0 Å². The first kappa shape index (κ1) is 8.11. The summed E-state index contributed by atoms with van der Waals surface area (Å²) in [7, 11) is -4.21. The molecule has 2 N–H and O–H groups in total. The van der Waals surface area contributed by atoms with Gasteiger partial charge in [-0.25, -0.2) is 4.57 Å². The first-order chi connectivity index (χ1) is 3.56. The SMILES string of the molecule is C[CH]COP(=O)(O)O. The quantitative estimate of drug-likeness (QED) is 0.552. The van der Waals surface area contributed by atoms with Gasteiger partial charge in [-0.2, -0.15) is 0 Å². The minimum Gasteiger partial charge on any atom is -0.303 e. The van der Waals surface area contributed by atoms with Crippen LogP contribution in [0.2, 0.25) is 0 Å². The van der Waals surface area contributed by atoms with Crippen LogP contribution >= 0.6 is 7.82 Å². The molecule has 1 radical (unpaired) electrons. The molecule has 4 nitrogen and oxygen atoms in total. The molecule has 0 aliphatic carbocycles. The number of phosphoric ester groups is 1. The van der Waals surface area contributed by atoms with Crippen molar-refractivity contribution >= 4 is 7.82 Å². The molecule has 0 aliphatic rings. The average Bonchev–Trinajstić information content (AvgIpc) is 1.59. The molecule has 0 spiro atoms. The molecular weight excluding hydrogens is 131 g/mol. The van der Waals surface area contributed by atoms with E-state index in [-0.39, 0.29) is 6.61 Å². The number of rotatable bonds is 3. The van der Waals surface area contributed by atoms with Gasteiger partial charge in [0.25, 0.3) is 0 Å². The summed E-state index contributed by atoms with van der Waals surface area (Å²) in [5.41, 5.74) is 0. The molecule has 0 amide bonds. The summed E-state index contributed by atoms with van der Waals surface area (Å²) >= 11 is 0. The molecule has 0 saturated carbocycles. The minimum atomic E-state index is -4.21. The zero-order valence-electron chi connectivity index (χ0n) is 4.44. The first-order valence-electron chi connectivity index (χ1n) is 2.04. The van der Waals surface area contributed by atoms with Crippen molar-refractivity contribution in [3.63, 3.8) is 0 Å². The van der Waals surface area contributed by atoms with Crippen LogP contribution in [-0.4, -0.2) is 16.4 Å². The fourth-order valence-corrected chi connectivity index (χ4v) is 0.515. The van der Waals surface area contributed by atoms with Crippen molar-refractivity contribution in [3.8, 4) is 0 Å². The molecule has 49 valence electrons. The highest BCUT2D eigenvalue weighted by Gasteiger charge is 2.11. The van der Waals surface area contributed by atoms with E-state index in [0.29, 0.717) is 0 Å². The lowest BCUT2D eigenvalue weighted by Crippen LogP contribution is -1.89. The smallest absolute Gasteiger partial charge is 0.303 e. The highest BCUT2D eigenvalue weighted by molar-refractivity contribution is 7.46. The normalized spacial score (nSPS) is 11.9. The van der Waals surface area contributed by atoms with E-state index in [1.165, 1.54) is 6.42 Å². The van der Waals surface area contributed by atoms with E-state index in [1.54, 1.807) is 6.92 Å². The van der Waals surface area contributed by atoms with Gasteiger partial charge < -0.3 is 9.79 Å². The van der Waals surface area contributed by atoms with Crippen LogP contribution < -0.4 is 0 Å². The Kier molecular flexibility index (Phi) is 3.24. The molecule has 5 heteroatoms. The first-order valence-corrected chi connectivity index (χ1v) is 3.57. The molecule has 0 saturated heterocycles. The Balaban J connectivity index is 3.26. The number of phosphoric acid groups is 1. The lowest BCUT2D eigenvalue weighted by Gasteiger charge is -2.00. The van der Waals surface area contributed by atoms with Gasteiger partial charge in [-0.15, -0.1) is 0 Å². The molecule has 0 aromatic heterocycles. The zero-order valence-corrected chi connectivity index (χ0v) is 5.34. The molecule has 0 fully saturated rings. The Morgan fingerprint density at radius 1 is 1.75 bits per heavy atom. The van der Waals surface area contributed by atoms with Crippen LogP contribution in [0.4, 0.5) is 0 Å². The van der Waals surface area contributed by atoms with Crippen LogP contribution in [0.25, 0.3) is 0 Å². The van der Waals surface area contributed by atoms with E-state index in [9.17, 15) is 4.57 Å². The molecular formula is C3H8O4P. The predicted molar refractivity (Wildman–Crippen MR) is 28.0 cm³/mol. The zero-order chi connectivity index (χ0) is 6.62. The Labute approximate surface area is 47.7 Å². The molecule has 0 aromatic rings. The molecule has 0 rings (SSSR count). The van der Waals surface area contributed by atoms with Crippen molar-refractivity contribution in [3.05, 3.63) is 6.42 Å². The number of hydrogen-bond donors (Lipinski definition) is 2. The van der Waals surface area contributed by atoms with Gasteiger partial charge in [-0.05, 0) is 6.42 Å². The largest absolute Gasteiger partial charge is 0.469 e. The van der Waals surface area contributed by atoms with E-state index >= 15 is 0 Å². The van der Waals surface area contributed by atoms with Crippen LogP contribution in [0.3, 0.4) is 0 Å². The van der Waals surface area contributed by atoms with Gasteiger partial charge in [-0.1, -0.05) is 6.92 Å². The molecule has 0 aliphatic heterocycles. The molecule has 8 heavy (non-hydrogen) atoms. The fourth-order valence-electron chi connectivity index (χ4n) is 0.172. The summed E-state index contributed by atoms with van der Waals surface area (Å²) in [6.45, 7) is 1.64. The van der Waals surface area contributed by atoms with Gasteiger partial charge in [0.05, 0.1) is 6.61 Å². The van der Waals surface area contributed by atoms with Crippen molar-refractivity contribution in [1.29, 1.82) is 0 Å². The highest BCUT2D eigenvalue weighted by atomic mass is 31.2. The van der Waals surface area contributed by atoms with Gasteiger partial charge in [0, 0.05) is 0 Å². The Hall–Kier alpha value is 0.110. The third-order valence-corrected chi connectivity index (χ3v) is 0.895. The van der Waals surface area contributed by atoms with Crippen LogP contribution in [0.1, 0.15) is 6.92 Å². The van der Waals surface area contributed by atoms with E-state index in [0.717, 1.165) is 0 Å². The third kappa shape index (κ3) is 6.11. The van der Waals surface area contributed by atoms with Crippen molar-refractivity contribution in [2.24, 2.45) is 0 Å². The second-order valence-corrected chi connectivity index (χ2v) is 2.43. The van der Waals surface area contributed by atoms with Crippen LogP contribution in [-0.2, 0) is 9.09 Å². The van der Waals surface area contributed by atoms with Gasteiger partial charge >= 0.3 is 7.82 Å². The summed E-state index contributed by atoms with van der Waals surface area (Å²) in [6.07, 6.45) is 1.51. The maximum Gasteiger partial charge on any atom is 0.469 e. The van der Waals surface area contributed by atoms with Crippen molar-refractivity contribution < 1.29 is 18.9 Å². The van der Waals surface area contributed by atoms with Crippen molar-refractivity contribution in [2.45, 2.75) is 6.92 Å². The second-order valence-electron chi connectivity index (χ2n) is 1.19. The van der Waals surface area contributed by atoms with Crippen LogP contribution in [0.5, 0.6) is 0 Å². The Bertz CT molecular complexity index is 95.5. The summed E-state index contributed by atoms with van der Waals surface area (Å²) in [5.74, 6) is 0. The lowest BCUT2D eigenvalue weighted by atomic mass is 10.5. The fraction of sp³-hybridized carbons (Fsp3) is 0.667. The molecule has 0 aromatic carbocycles. The van der Waals surface area contributed by atoms with Crippen molar-refractivity contribution in [2.75, 3.05) is 6.61 Å². The average molecular weight is 139 g/mol. The maximum absolute atomic E-state index is 9.84. The van der Waals surface area contributed by atoms with Crippen LogP contribution in [0, 0.1) is 6.42 Å². The molecule has 0 unspecified atom stereocenters. The Morgan fingerprint density at radius 3 is 2.38 bits per heavy atom. The Morgan fingerprint density at radius 2 is 2.25 bits per heavy atom. The van der Waals surface area contributed by atoms with Crippen molar-refractivity contribution in [1.82, 2.24) is 0 Å². The topological polar surface area (TPSA) is 66.8 Å². The standard InChI is InChI=1S/C3H8O4P/c1-2-3-7-8(4,5)6/h2H,3H2,1H3,(H2,4,5,6). The van der Waals surface area contributed by atoms with E-state index in [1.807, 2.05) is 0 Å². The summed E-state index contributed by atoms with van der Waals surface area (Å²) < 4.78 is 13.8. The highest BCUT2D eigenvalue weighted by Crippen LogP contribution is 2.35. The van der Waals surface area contributed by atoms with Gasteiger partial charge in [0.1, 0.15) is 0 Å². The molecule has 0 atom stereocenters. The second kappa shape index (κ2) is 3.20.